The minimum absolute atomic E-state index is 0.0208. The molecule has 0 fully saturated rings. The smallest absolute Gasteiger partial charge is 0.339 e. The van der Waals surface area contributed by atoms with Crippen LogP contribution >= 0.6 is 23.2 Å². The average molecular weight is 327 g/mol. The molecule has 0 saturated carbocycles. The van der Waals surface area contributed by atoms with Gasteiger partial charge in [0.25, 0.3) is 0 Å². The molecule has 2 rings (SSSR count). The lowest BCUT2D eigenvalue weighted by molar-refractivity contribution is 0.0691. The second kappa shape index (κ2) is 6.70. The van der Waals surface area contributed by atoms with Gasteiger partial charge in [-0.05, 0) is 36.4 Å². The maximum atomic E-state index is 11.2. The van der Waals surface area contributed by atoms with Crippen molar-refractivity contribution < 1.29 is 19.4 Å². The molecule has 6 heteroatoms. The summed E-state index contributed by atoms with van der Waals surface area (Å²) in [5.74, 6) is -0.416. The van der Waals surface area contributed by atoms with Crippen molar-refractivity contribution in [3.63, 3.8) is 0 Å². The Bertz CT molecular complexity index is 671. The molecule has 0 spiro atoms. The molecular formula is C15H12Cl2O4. The zero-order valence-corrected chi connectivity index (χ0v) is 12.6. The molecule has 2 aromatic rings. The van der Waals surface area contributed by atoms with Crippen molar-refractivity contribution in [3.8, 4) is 11.5 Å². The van der Waals surface area contributed by atoms with E-state index in [1.54, 1.807) is 30.3 Å². The van der Waals surface area contributed by atoms with Crippen LogP contribution in [0.25, 0.3) is 0 Å². The van der Waals surface area contributed by atoms with Crippen molar-refractivity contribution in [2.24, 2.45) is 0 Å². The number of halogens is 2. The van der Waals surface area contributed by atoms with Gasteiger partial charge in [-0.2, -0.15) is 0 Å². The number of carboxylic acid groups (broad SMARTS) is 1. The third-order valence-corrected chi connectivity index (χ3v) is 3.41. The summed E-state index contributed by atoms with van der Waals surface area (Å²) >= 11 is 11.9. The minimum Gasteiger partial charge on any atom is -0.497 e. The monoisotopic (exact) mass is 326 g/mol. The molecule has 0 amide bonds. The van der Waals surface area contributed by atoms with E-state index >= 15 is 0 Å². The molecule has 21 heavy (non-hydrogen) atoms. The van der Waals surface area contributed by atoms with E-state index < -0.39 is 5.97 Å². The number of ether oxygens (including phenoxy) is 2. The van der Waals surface area contributed by atoms with E-state index in [9.17, 15) is 9.90 Å². The first-order valence-corrected chi connectivity index (χ1v) is 6.75. The highest BCUT2D eigenvalue weighted by atomic mass is 35.5. The lowest BCUT2D eigenvalue weighted by Crippen LogP contribution is -2.04. The van der Waals surface area contributed by atoms with Gasteiger partial charge in [0.2, 0.25) is 0 Å². The number of rotatable bonds is 5. The van der Waals surface area contributed by atoms with E-state index in [1.807, 2.05) is 0 Å². The fraction of sp³-hybridized carbons (Fsp3) is 0.133. The predicted octanol–water partition coefficient (Wildman–Crippen LogP) is 4.28. The van der Waals surface area contributed by atoms with E-state index in [1.165, 1.54) is 13.2 Å². The molecule has 0 atom stereocenters. The summed E-state index contributed by atoms with van der Waals surface area (Å²) in [6.07, 6.45) is 0. The predicted molar refractivity (Wildman–Crippen MR) is 80.7 cm³/mol. The number of methoxy groups -OCH3 is 1. The van der Waals surface area contributed by atoms with Crippen LogP contribution < -0.4 is 9.47 Å². The summed E-state index contributed by atoms with van der Waals surface area (Å²) < 4.78 is 10.5. The highest BCUT2D eigenvalue weighted by Gasteiger charge is 2.13. The second-order valence-corrected chi connectivity index (χ2v) is 5.04. The van der Waals surface area contributed by atoms with E-state index in [2.05, 4.69) is 0 Å². The van der Waals surface area contributed by atoms with Crippen LogP contribution in [0, 0.1) is 0 Å². The van der Waals surface area contributed by atoms with Crippen LogP contribution in [0.4, 0.5) is 0 Å². The topological polar surface area (TPSA) is 55.8 Å². The normalized spacial score (nSPS) is 10.2. The molecule has 0 aliphatic heterocycles. The molecule has 0 radical (unpaired) electrons. The SMILES string of the molecule is COc1ccc(OCc2cc(Cl)ccc2Cl)c(C(=O)O)c1. The first-order chi connectivity index (χ1) is 10.0. The lowest BCUT2D eigenvalue weighted by Gasteiger charge is -2.11. The van der Waals surface area contributed by atoms with Gasteiger partial charge < -0.3 is 14.6 Å². The van der Waals surface area contributed by atoms with E-state index in [4.69, 9.17) is 32.7 Å². The molecule has 0 aliphatic carbocycles. The van der Waals surface area contributed by atoms with Gasteiger partial charge >= 0.3 is 5.97 Å². The Morgan fingerprint density at radius 2 is 1.95 bits per heavy atom. The van der Waals surface area contributed by atoms with Crippen LogP contribution in [-0.4, -0.2) is 18.2 Å². The summed E-state index contributed by atoms with van der Waals surface area (Å²) in [5, 5.41) is 10.2. The summed E-state index contributed by atoms with van der Waals surface area (Å²) in [6.45, 7) is 0.117. The van der Waals surface area contributed by atoms with Gasteiger partial charge in [-0.1, -0.05) is 23.2 Å². The highest BCUT2D eigenvalue weighted by Crippen LogP contribution is 2.27. The maximum absolute atomic E-state index is 11.2. The van der Waals surface area contributed by atoms with Crippen molar-refractivity contribution in [2.75, 3.05) is 7.11 Å². The standard InChI is InChI=1S/C15H12Cl2O4/c1-20-11-3-5-14(12(7-11)15(18)19)21-8-9-6-10(16)2-4-13(9)17/h2-7H,8H2,1H3,(H,18,19). The van der Waals surface area contributed by atoms with Gasteiger partial charge in [0.15, 0.2) is 0 Å². The zero-order chi connectivity index (χ0) is 15.4. The van der Waals surface area contributed by atoms with Crippen molar-refractivity contribution in [3.05, 3.63) is 57.6 Å². The molecule has 0 saturated heterocycles. The largest absolute Gasteiger partial charge is 0.497 e. The fourth-order valence-corrected chi connectivity index (χ4v) is 2.11. The molecular weight excluding hydrogens is 315 g/mol. The lowest BCUT2D eigenvalue weighted by atomic mass is 10.2. The Morgan fingerprint density at radius 1 is 1.19 bits per heavy atom. The van der Waals surface area contributed by atoms with Crippen molar-refractivity contribution in [1.82, 2.24) is 0 Å². The molecule has 0 bridgehead atoms. The van der Waals surface area contributed by atoms with Gasteiger partial charge in [-0.25, -0.2) is 4.79 Å². The van der Waals surface area contributed by atoms with Crippen LogP contribution in [0.5, 0.6) is 11.5 Å². The Morgan fingerprint density at radius 3 is 2.62 bits per heavy atom. The average Bonchev–Trinajstić information content (AvgIpc) is 2.48. The summed E-state index contributed by atoms with van der Waals surface area (Å²) in [4.78, 5) is 11.2. The Kier molecular flexibility index (Phi) is 4.94. The molecule has 2 aromatic carbocycles. The maximum Gasteiger partial charge on any atom is 0.339 e. The number of carboxylic acids is 1. The van der Waals surface area contributed by atoms with E-state index in [-0.39, 0.29) is 17.9 Å². The first-order valence-electron chi connectivity index (χ1n) is 5.99. The number of aromatic carboxylic acids is 1. The van der Waals surface area contributed by atoms with E-state index in [0.29, 0.717) is 21.4 Å². The highest BCUT2D eigenvalue weighted by molar-refractivity contribution is 6.33. The number of hydrogen-bond donors (Lipinski definition) is 1. The van der Waals surface area contributed by atoms with Gasteiger partial charge in [0.05, 0.1) is 7.11 Å². The quantitative estimate of drug-likeness (QED) is 0.890. The van der Waals surface area contributed by atoms with E-state index in [0.717, 1.165) is 0 Å². The van der Waals surface area contributed by atoms with Gasteiger partial charge in [-0.3, -0.25) is 0 Å². The third kappa shape index (κ3) is 3.80. The van der Waals surface area contributed by atoms with Gasteiger partial charge in [-0.15, -0.1) is 0 Å². The van der Waals surface area contributed by atoms with Crippen LogP contribution in [0.1, 0.15) is 15.9 Å². The Hall–Kier alpha value is -1.91. The minimum atomic E-state index is -1.10. The zero-order valence-electron chi connectivity index (χ0n) is 11.1. The number of hydrogen-bond acceptors (Lipinski definition) is 3. The Balaban J connectivity index is 2.23. The van der Waals surface area contributed by atoms with Gasteiger partial charge in [0.1, 0.15) is 23.7 Å². The van der Waals surface area contributed by atoms with Crippen LogP contribution in [-0.2, 0) is 6.61 Å². The first kappa shape index (κ1) is 15.5. The van der Waals surface area contributed by atoms with Crippen molar-refractivity contribution in [2.45, 2.75) is 6.61 Å². The molecule has 0 heterocycles. The van der Waals surface area contributed by atoms with Gasteiger partial charge in [0, 0.05) is 15.6 Å². The molecule has 0 aliphatic rings. The van der Waals surface area contributed by atoms with Crippen LogP contribution in [0.2, 0.25) is 10.0 Å². The number of benzene rings is 2. The van der Waals surface area contributed by atoms with Crippen LogP contribution in [0.15, 0.2) is 36.4 Å². The Labute approximate surface area is 131 Å². The summed E-state index contributed by atoms with van der Waals surface area (Å²) in [6, 6.07) is 9.57. The molecule has 1 N–H and O–H groups in total. The summed E-state index contributed by atoms with van der Waals surface area (Å²) in [5.41, 5.74) is 0.698. The van der Waals surface area contributed by atoms with Crippen molar-refractivity contribution in [1.29, 1.82) is 0 Å². The fourth-order valence-electron chi connectivity index (χ4n) is 1.74. The number of carbonyl (C=O) groups is 1. The molecule has 4 nitrogen and oxygen atoms in total. The summed E-state index contributed by atoms with van der Waals surface area (Å²) in [7, 11) is 1.47. The second-order valence-electron chi connectivity index (χ2n) is 4.19. The third-order valence-electron chi connectivity index (χ3n) is 2.81. The van der Waals surface area contributed by atoms with Crippen LogP contribution in [0.3, 0.4) is 0 Å². The molecule has 0 aromatic heterocycles. The molecule has 0 unspecified atom stereocenters. The van der Waals surface area contributed by atoms with Crippen molar-refractivity contribution >= 4 is 29.2 Å². The molecule has 110 valence electrons.